The number of rotatable bonds is 2. The first-order valence-electron chi connectivity index (χ1n) is 8.53. The lowest BCUT2D eigenvalue weighted by Gasteiger charge is -2.42. The fourth-order valence-electron chi connectivity index (χ4n) is 3.96. The quantitative estimate of drug-likeness (QED) is 0.661. The molecule has 2 atom stereocenters. The molecule has 3 aliphatic rings. The van der Waals surface area contributed by atoms with E-state index >= 15 is 0 Å². The van der Waals surface area contributed by atoms with Crippen molar-refractivity contribution in [1.82, 2.24) is 14.9 Å². The highest BCUT2D eigenvalue weighted by Crippen LogP contribution is 2.50. The predicted molar refractivity (Wildman–Crippen MR) is 94.9 cm³/mol. The number of nitrogens with one attached hydrogen (secondary N) is 2. The Kier molecular flexibility index (Phi) is 4.72. The minimum atomic E-state index is -1.25. The molecule has 0 unspecified atom stereocenters. The summed E-state index contributed by atoms with van der Waals surface area (Å²) in [6.45, 7) is 8.00. The van der Waals surface area contributed by atoms with Crippen molar-refractivity contribution in [3.8, 4) is 0 Å². The van der Waals surface area contributed by atoms with Crippen LogP contribution in [0.2, 0.25) is 0 Å². The molecule has 3 N–H and O–H groups in total. The first-order valence-corrected chi connectivity index (χ1v) is 9.68. The molecule has 1 saturated heterocycles. The third kappa shape index (κ3) is 3.10. The van der Waals surface area contributed by atoms with Crippen molar-refractivity contribution in [2.24, 2.45) is 5.41 Å². The van der Waals surface area contributed by atoms with Gasteiger partial charge in [-0.1, -0.05) is 12.2 Å². The molecule has 0 saturated carbocycles. The maximum Gasteiger partial charge on any atom is 0.411 e. The molecule has 6 nitrogen and oxygen atoms in total. The van der Waals surface area contributed by atoms with E-state index in [1.165, 1.54) is 4.90 Å². The van der Waals surface area contributed by atoms with Gasteiger partial charge in [0.2, 0.25) is 0 Å². The predicted octanol–water partition coefficient (Wildman–Crippen LogP) is 1.98. The summed E-state index contributed by atoms with van der Waals surface area (Å²) >= 11 is -1.25. The third-order valence-corrected chi connectivity index (χ3v) is 6.83. The molecule has 1 aliphatic carbocycles. The molecule has 1 amide bonds. The smallest absolute Gasteiger partial charge is 0.411 e. The second-order valence-electron chi connectivity index (χ2n) is 7.93. The molecule has 0 bridgehead atoms. The minimum absolute atomic E-state index is 0.0563. The molecule has 3 rings (SSSR count). The van der Waals surface area contributed by atoms with Crippen LogP contribution in [-0.4, -0.2) is 51.1 Å². The number of hydrogen-bond acceptors (Lipinski definition) is 4. The van der Waals surface area contributed by atoms with Gasteiger partial charge >= 0.3 is 6.09 Å². The Morgan fingerprint density at radius 1 is 1.46 bits per heavy atom. The highest BCUT2D eigenvalue weighted by Gasteiger charge is 2.53. The van der Waals surface area contributed by atoms with Gasteiger partial charge in [-0.05, 0) is 58.7 Å². The molecule has 0 aromatic carbocycles. The summed E-state index contributed by atoms with van der Waals surface area (Å²) in [6, 6.07) is -0.185. The number of allylic oxidation sites excluding steroid dienone is 2. The molecule has 0 aromatic rings. The van der Waals surface area contributed by atoms with Crippen molar-refractivity contribution in [2.45, 2.75) is 50.8 Å². The van der Waals surface area contributed by atoms with Crippen LogP contribution in [-0.2, 0) is 11.4 Å². The summed E-state index contributed by atoms with van der Waals surface area (Å²) in [5, 5.41) is 13.0. The summed E-state index contributed by atoms with van der Waals surface area (Å²) in [7, 11) is 0. The topological polar surface area (TPSA) is 87.7 Å². The summed E-state index contributed by atoms with van der Waals surface area (Å²) in [6.07, 6.45) is 5.79. The normalized spacial score (nSPS) is 27.5. The van der Waals surface area contributed by atoms with Gasteiger partial charge in [0.05, 0.1) is 6.04 Å². The largest absolute Gasteiger partial charge is 0.598 e. The number of carboxylic acid groups (broad SMARTS) is 1. The van der Waals surface area contributed by atoms with Gasteiger partial charge in [-0.25, -0.2) is 4.79 Å². The molecule has 0 radical (unpaired) electrons. The maximum atomic E-state index is 12.8. The lowest BCUT2D eigenvalue weighted by atomic mass is 9.73. The zero-order valence-corrected chi connectivity index (χ0v) is 15.4. The van der Waals surface area contributed by atoms with Gasteiger partial charge in [0.1, 0.15) is 4.75 Å². The van der Waals surface area contributed by atoms with Gasteiger partial charge < -0.3 is 15.0 Å². The van der Waals surface area contributed by atoms with Crippen molar-refractivity contribution in [2.75, 3.05) is 19.6 Å². The van der Waals surface area contributed by atoms with E-state index < -0.39 is 22.2 Å². The van der Waals surface area contributed by atoms with E-state index in [1.54, 1.807) is 0 Å². The van der Waals surface area contributed by atoms with E-state index in [9.17, 15) is 14.5 Å². The fraction of sp³-hybridized carbons (Fsp3) is 0.706. The SMILES string of the molecule is CC(C)(C)[S@@+]([O-])N[C@@H]1C2=C(C=CCN2C(=O)O)CC12CCNCC2. The average molecular weight is 353 g/mol. The van der Waals surface area contributed by atoms with Crippen LogP contribution in [0.1, 0.15) is 40.0 Å². The highest BCUT2D eigenvalue weighted by molar-refractivity contribution is 7.90. The van der Waals surface area contributed by atoms with Crippen molar-refractivity contribution in [3.63, 3.8) is 0 Å². The summed E-state index contributed by atoms with van der Waals surface area (Å²) < 4.78 is 15.7. The molecular formula is C17H27N3O3S. The van der Waals surface area contributed by atoms with Crippen LogP contribution in [0.15, 0.2) is 23.4 Å². The Morgan fingerprint density at radius 3 is 2.71 bits per heavy atom. The van der Waals surface area contributed by atoms with Crippen LogP contribution < -0.4 is 10.0 Å². The highest BCUT2D eigenvalue weighted by atomic mass is 32.2. The van der Waals surface area contributed by atoms with Gasteiger partial charge in [-0.2, -0.15) is 0 Å². The van der Waals surface area contributed by atoms with Crippen molar-refractivity contribution in [1.29, 1.82) is 0 Å². The molecule has 24 heavy (non-hydrogen) atoms. The molecule has 7 heteroatoms. The molecule has 1 fully saturated rings. The number of carbonyl (C=O) groups is 1. The van der Waals surface area contributed by atoms with Gasteiger partial charge in [0.25, 0.3) is 0 Å². The summed E-state index contributed by atoms with van der Waals surface area (Å²) in [5.74, 6) is 0. The second kappa shape index (κ2) is 6.37. The van der Waals surface area contributed by atoms with Crippen LogP contribution in [0.5, 0.6) is 0 Å². The number of amides is 1. The van der Waals surface area contributed by atoms with E-state index in [4.69, 9.17) is 0 Å². The average Bonchev–Trinajstić information content (AvgIpc) is 2.80. The molecule has 0 aromatic heterocycles. The monoisotopic (exact) mass is 353 g/mol. The number of hydrogen-bond donors (Lipinski definition) is 3. The van der Waals surface area contributed by atoms with Crippen LogP contribution in [0.4, 0.5) is 4.79 Å². The van der Waals surface area contributed by atoms with Crippen molar-refractivity contribution in [3.05, 3.63) is 23.4 Å². The molecular weight excluding hydrogens is 326 g/mol. The van der Waals surface area contributed by atoms with E-state index in [1.807, 2.05) is 26.8 Å². The Bertz CT molecular complexity index is 576. The third-order valence-electron chi connectivity index (χ3n) is 5.27. The first-order chi connectivity index (χ1) is 11.2. The second-order valence-corrected chi connectivity index (χ2v) is 9.93. The van der Waals surface area contributed by atoms with Gasteiger partial charge in [0, 0.05) is 29.0 Å². The van der Waals surface area contributed by atoms with E-state index in [-0.39, 0.29) is 11.5 Å². The first kappa shape index (κ1) is 17.8. The minimum Gasteiger partial charge on any atom is -0.598 e. The van der Waals surface area contributed by atoms with Crippen LogP contribution in [0.25, 0.3) is 0 Å². The van der Waals surface area contributed by atoms with Crippen LogP contribution in [0, 0.1) is 5.41 Å². The summed E-state index contributed by atoms with van der Waals surface area (Å²) in [4.78, 5) is 13.2. The molecule has 2 aliphatic heterocycles. The Labute approximate surface area is 146 Å². The van der Waals surface area contributed by atoms with Gasteiger partial charge in [-0.3, -0.25) is 4.90 Å². The van der Waals surface area contributed by atoms with Gasteiger partial charge in [0.15, 0.2) is 0 Å². The van der Waals surface area contributed by atoms with Crippen molar-refractivity contribution >= 4 is 17.5 Å². The fourth-order valence-corrected chi connectivity index (χ4v) is 4.88. The lowest BCUT2D eigenvalue weighted by Crippen LogP contribution is -2.56. The zero-order valence-electron chi connectivity index (χ0n) is 14.6. The number of nitrogens with zero attached hydrogens (tertiary/aromatic N) is 1. The van der Waals surface area contributed by atoms with E-state index in [2.05, 4.69) is 16.1 Å². The van der Waals surface area contributed by atoms with Crippen LogP contribution in [0.3, 0.4) is 0 Å². The number of piperidine rings is 1. The van der Waals surface area contributed by atoms with Crippen LogP contribution >= 0.6 is 0 Å². The molecule has 1 spiro atoms. The van der Waals surface area contributed by atoms with Crippen molar-refractivity contribution < 1.29 is 14.5 Å². The van der Waals surface area contributed by atoms with E-state index in [0.29, 0.717) is 6.54 Å². The molecule has 2 heterocycles. The molecule has 134 valence electrons. The lowest BCUT2D eigenvalue weighted by molar-refractivity contribution is 0.143. The Balaban J connectivity index is 1.97. The standard InChI is InChI=1S/C17H27N3O3S/c1-16(2,3)24(23)19-14-13-12(5-4-10-20(13)15(21)22)11-17(14)6-8-18-9-7-17/h4-5,14,18-19H,6-11H2,1-3H3,(H,21,22)/t14-,24-/m1/s1. The Hall–Kier alpha value is -1.02. The summed E-state index contributed by atoms with van der Waals surface area (Å²) in [5.41, 5.74) is 1.83. The van der Waals surface area contributed by atoms with Gasteiger partial charge in [-0.15, -0.1) is 4.72 Å². The van der Waals surface area contributed by atoms with E-state index in [0.717, 1.165) is 43.6 Å². The zero-order chi connectivity index (χ0) is 17.5. The maximum absolute atomic E-state index is 12.8. The Morgan fingerprint density at radius 2 is 2.12 bits per heavy atom.